The monoisotopic (exact) mass is 509 g/mol. The van der Waals surface area contributed by atoms with Gasteiger partial charge in [-0.3, -0.25) is 14.9 Å². The van der Waals surface area contributed by atoms with E-state index in [1.54, 1.807) is 39.0 Å². The van der Waals surface area contributed by atoms with Crippen LogP contribution in [0.25, 0.3) is 0 Å². The summed E-state index contributed by atoms with van der Waals surface area (Å²) in [6.07, 6.45) is 0. The van der Waals surface area contributed by atoms with Gasteiger partial charge in [-0.05, 0) is 38.5 Å². The molecule has 194 valence electrons. The summed E-state index contributed by atoms with van der Waals surface area (Å²) in [6.45, 7) is 4.78. The summed E-state index contributed by atoms with van der Waals surface area (Å²) >= 11 is 0. The number of rotatable bonds is 9. The Morgan fingerprint density at radius 1 is 1.03 bits per heavy atom. The van der Waals surface area contributed by atoms with Crippen LogP contribution >= 0.6 is 0 Å². The zero-order valence-corrected chi connectivity index (χ0v) is 20.6. The van der Waals surface area contributed by atoms with Crippen molar-refractivity contribution in [2.75, 3.05) is 19.8 Å². The lowest BCUT2D eigenvalue weighted by atomic mass is 9.80. The molecular weight excluding hydrogens is 482 g/mol. The van der Waals surface area contributed by atoms with Crippen molar-refractivity contribution in [2.24, 2.45) is 0 Å². The number of benzene rings is 2. The van der Waals surface area contributed by atoms with Gasteiger partial charge in [0.1, 0.15) is 12.4 Å². The van der Waals surface area contributed by atoms with Crippen molar-refractivity contribution in [3.63, 3.8) is 0 Å². The van der Waals surface area contributed by atoms with Crippen molar-refractivity contribution in [2.45, 2.75) is 26.7 Å². The van der Waals surface area contributed by atoms with Crippen LogP contribution in [0, 0.1) is 10.1 Å². The number of phenolic OH excluding ortho intramolecular Hbond substituents is 1. The zero-order valence-electron chi connectivity index (χ0n) is 20.6. The highest BCUT2D eigenvalue weighted by atomic mass is 16.6. The zero-order chi connectivity index (χ0) is 27.1. The Kier molecular flexibility index (Phi) is 8.62. The van der Waals surface area contributed by atoms with E-state index in [9.17, 15) is 29.6 Å². The van der Waals surface area contributed by atoms with Crippen LogP contribution in [-0.4, -0.2) is 47.6 Å². The number of nitrogens with zero attached hydrogens (tertiary/aromatic N) is 1. The topological polar surface area (TPSA) is 157 Å². The van der Waals surface area contributed by atoms with Crippen molar-refractivity contribution in [3.05, 3.63) is 92.3 Å². The van der Waals surface area contributed by atoms with Crippen molar-refractivity contribution in [1.29, 1.82) is 0 Å². The minimum atomic E-state index is -0.983. The van der Waals surface area contributed by atoms with Gasteiger partial charge in [-0.15, -0.1) is 0 Å². The van der Waals surface area contributed by atoms with E-state index in [1.165, 1.54) is 30.3 Å². The fourth-order valence-corrected chi connectivity index (χ4v) is 4.04. The Morgan fingerprint density at radius 2 is 1.68 bits per heavy atom. The van der Waals surface area contributed by atoms with Crippen molar-refractivity contribution >= 4 is 23.5 Å². The van der Waals surface area contributed by atoms with Crippen molar-refractivity contribution < 1.29 is 33.9 Å². The lowest BCUT2D eigenvalue weighted by Gasteiger charge is -2.30. The molecule has 37 heavy (non-hydrogen) atoms. The van der Waals surface area contributed by atoms with E-state index in [1.807, 2.05) is 0 Å². The number of nitro benzene ring substituents is 1. The van der Waals surface area contributed by atoms with E-state index in [0.29, 0.717) is 17.0 Å². The van der Waals surface area contributed by atoms with Gasteiger partial charge in [0.15, 0.2) is 0 Å². The molecule has 0 aromatic heterocycles. The number of dihydropyridines is 1. The molecule has 1 heterocycles. The SMILES string of the molecule is CCOC(=O)C1=C(C)NC(C)=C(C(=O)OCCNC(=O)c2ccccc2O)[C@@H]1c1cccc([N+](=O)[O-])c1. The summed E-state index contributed by atoms with van der Waals surface area (Å²) in [5.41, 5.74) is 1.29. The Bertz CT molecular complexity index is 1300. The number of allylic oxidation sites excluding steroid dienone is 2. The van der Waals surface area contributed by atoms with Crippen molar-refractivity contribution in [1.82, 2.24) is 10.6 Å². The van der Waals surface area contributed by atoms with E-state index in [-0.39, 0.29) is 47.9 Å². The van der Waals surface area contributed by atoms with Crippen LogP contribution in [-0.2, 0) is 19.1 Å². The summed E-state index contributed by atoms with van der Waals surface area (Å²) in [5.74, 6) is -3.14. The number of para-hydroxylation sites is 1. The third-order valence-electron chi connectivity index (χ3n) is 5.66. The highest BCUT2D eigenvalue weighted by molar-refractivity contribution is 6.00. The Balaban J connectivity index is 1.84. The Labute approximate surface area is 212 Å². The number of carbonyl (C=O) groups excluding carboxylic acids is 3. The second kappa shape index (κ2) is 11.8. The van der Waals surface area contributed by atoms with Gasteiger partial charge in [-0.25, -0.2) is 9.59 Å². The molecule has 11 nitrogen and oxygen atoms in total. The van der Waals surface area contributed by atoms with E-state index < -0.39 is 28.7 Å². The molecule has 3 rings (SSSR count). The number of hydrogen-bond acceptors (Lipinski definition) is 9. The van der Waals surface area contributed by atoms with Crippen LogP contribution in [0.2, 0.25) is 0 Å². The fraction of sp³-hybridized carbons (Fsp3) is 0.269. The van der Waals surface area contributed by atoms with Gasteiger partial charge >= 0.3 is 11.9 Å². The molecule has 0 aliphatic carbocycles. The van der Waals surface area contributed by atoms with Crippen LogP contribution in [0.4, 0.5) is 5.69 Å². The first-order chi connectivity index (χ1) is 17.6. The minimum Gasteiger partial charge on any atom is -0.507 e. The first kappa shape index (κ1) is 26.9. The number of amides is 1. The number of nitro groups is 1. The molecule has 0 radical (unpaired) electrons. The number of phenols is 1. The molecule has 0 spiro atoms. The van der Waals surface area contributed by atoms with Crippen LogP contribution in [0.3, 0.4) is 0 Å². The predicted octanol–water partition coefficient (Wildman–Crippen LogP) is 3.07. The summed E-state index contributed by atoms with van der Waals surface area (Å²) in [4.78, 5) is 49.2. The molecule has 0 bridgehead atoms. The smallest absolute Gasteiger partial charge is 0.336 e. The van der Waals surface area contributed by atoms with Gasteiger partial charge in [-0.1, -0.05) is 24.3 Å². The number of hydrogen-bond donors (Lipinski definition) is 3. The molecule has 2 aromatic rings. The van der Waals surface area contributed by atoms with Crippen LogP contribution in [0.1, 0.15) is 42.6 Å². The summed E-state index contributed by atoms with van der Waals surface area (Å²) < 4.78 is 10.6. The number of aromatic hydroxyl groups is 1. The molecule has 11 heteroatoms. The summed E-state index contributed by atoms with van der Waals surface area (Å²) in [7, 11) is 0. The van der Waals surface area contributed by atoms with Gasteiger partial charge in [0.05, 0.1) is 40.7 Å². The van der Waals surface area contributed by atoms with Gasteiger partial charge in [0.2, 0.25) is 0 Å². The van der Waals surface area contributed by atoms with E-state index in [4.69, 9.17) is 9.47 Å². The predicted molar refractivity (Wildman–Crippen MR) is 132 cm³/mol. The minimum absolute atomic E-state index is 0.0419. The molecule has 0 fully saturated rings. The molecule has 1 atom stereocenters. The molecule has 0 saturated heterocycles. The number of esters is 2. The average molecular weight is 510 g/mol. The van der Waals surface area contributed by atoms with Gasteiger partial charge in [0.25, 0.3) is 11.6 Å². The quantitative estimate of drug-likeness (QED) is 0.200. The Hall–Kier alpha value is -4.67. The maximum absolute atomic E-state index is 13.2. The van der Waals surface area contributed by atoms with Crippen LogP contribution in [0.15, 0.2) is 71.1 Å². The normalized spacial score (nSPS) is 15.1. The number of carbonyl (C=O) groups is 3. The lowest BCUT2D eigenvalue weighted by molar-refractivity contribution is -0.384. The molecule has 1 amide bonds. The van der Waals surface area contributed by atoms with Crippen LogP contribution in [0.5, 0.6) is 5.75 Å². The molecule has 1 aliphatic rings. The average Bonchev–Trinajstić information content (AvgIpc) is 2.86. The third kappa shape index (κ3) is 6.13. The third-order valence-corrected chi connectivity index (χ3v) is 5.66. The van der Waals surface area contributed by atoms with Gasteiger partial charge < -0.3 is 25.2 Å². The first-order valence-corrected chi connectivity index (χ1v) is 11.5. The maximum atomic E-state index is 13.2. The molecule has 1 aliphatic heterocycles. The Morgan fingerprint density at radius 3 is 2.30 bits per heavy atom. The van der Waals surface area contributed by atoms with E-state index in [0.717, 1.165) is 0 Å². The fourth-order valence-electron chi connectivity index (χ4n) is 4.04. The van der Waals surface area contributed by atoms with E-state index >= 15 is 0 Å². The summed E-state index contributed by atoms with van der Waals surface area (Å²) in [5, 5.41) is 26.7. The highest BCUT2D eigenvalue weighted by Crippen LogP contribution is 2.40. The molecule has 3 N–H and O–H groups in total. The number of non-ortho nitro benzene ring substituents is 1. The summed E-state index contributed by atoms with van der Waals surface area (Å²) in [6, 6.07) is 11.7. The van der Waals surface area contributed by atoms with Gasteiger partial charge in [0, 0.05) is 23.5 Å². The second-order valence-electron chi connectivity index (χ2n) is 8.12. The first-order valence-electron chi connectivity index (χ1n) is 11.5. The molecule has 0 unspecified atom stereocenters. The largest absolute Gasteiger partial charge is 0.507 e. The van der Waals surface area contributed by atoms with E-state index in [2.05, 4.69) is 10.6 Å². The molecular formula is C26H27N3O8. The lowest BCUT2D eigenvalue weighted by Crippen LogP contribution is -2.33. The second-order valence-corrected chi connectivity index (χ2v) is 8.12. The molecule has 0 saturated carbocycles. The van der Waals surface area contributed by atoms with Gasteiger partial charge in [-0.2, -0.15) is 0 Å². The number of ether oxygens (including phenoxy) is 2. The maximum Gasteiger partial charge on any atom is 0.336 e. The molecule has 2 aromatic carbocycles. The van der Waals surface area contributed by atoms with Crippen LogP contribution < -0.4 is 10.6 Å². The standard InChI is InChI=1S/C26H27N3O8/c1-4-36-25(32)21-15(2)28-16(3)22(23(21)17-8-7-9-18(14-17)29(34)35)26(33)37-13-12-27-24(31)19-10-5-6-11-20(19)30/h5-11,14,23,28,30H,4,12-13H2,1-3H3,(H,27,31)/t23-/m1/s1. The number of nitrogens with one attached hydrogen (secondary N) is 2. The van der Waals surface area contributed by atoms with Crippen molar-refractivity contribution in [3.8, 4) is 5.75 Å². The highest BCUT2D eigenvalue weighted by Gasteiger charge is 2.38.